The van der Waals surface area contributed by atoms with Gasteiger partial charge in [-0.25, -0.2) is 9.59 Å². The van der Waals surface area contributed by atoms with Gasteiger partial charge in [0.25, 0.3) is 0 Å². The maximum atomic E-state index is 12.0. The van der Waals surface area contributed by atoms with Crippen LogP contribution in [0.1, 0.15) is 39.7 Å². The maximum Gasteiger partial charge on any atom is 0.345 e. The van der Waals surface area contributed by atoms with E-state index < -0.39 is 11.6 Å². The minimum absolute atomic E-state index is 0.178. The zero-order valence-electron chi connectivity index (χ0n) is 13.2. The Morgan fingerprint density at radius 1 is 1.27 bits per heavy atom. The predicted octanol–water partition coefficient (Wildman–Crippen LogP) is 3.50. The molecule has 0 spiro atoms. The second-order valence-electron chi connectivity index (χ2n) is 6.36. The Kier molecular flexibility index (Phi) is 4.45. The van der Waals surface area contributed by atoms with Gasteiger partial charge in [-0.1, -0.05) is 44.1 Å². The summed E-state index contributed by atoms with van der Waals surface area (Å²) in [6, 6.07) is 8.87. The normalized spacial score (nSPS) is 12.5. The fraction of sp³-hybridized carbons (Fsp3) is 0.353. The van der Waals surface area contributed by atoms with Crippen molar-refractivity contribution in [3.63, 3.8) is 0 Å². The summed E-state index contributed by atoms with van der Waals surface area (Å²) in [4.78, 5) is 28.5. The van der Waals surface area contributed by atoms with Gasteiger partial charge >= 0.3 is 11.6 Å². The summed E-state index contributed by atoms with van der Waals surface area (Å²) in [5.41, 5.74) is 0.410. The van der Waals surface area contributed by atoms with Gasteiger partial charge in [0.05, 0.1) is 17.7 Å². The van der Waals surface area contributed by atoms with Gasteiger partial charge in [0.2, 0.25) is 0 Å². The monoisotopic (exact) mass is 301 g/mol. The fourth-order valence-corrected chi connectivity index (χ4v) is 1.95. The molecule has 0 aliphatic carbocycles. The van der Waals surface area contributed by atoms with Crippen LogP contribution in [0.5, 0.6) is 0 Å². The van der Waals surface area contributed by atoms with E-state index in [1.165, 1.54) is 0 Å². The Balaban J connectivity index is 2.24. The van der Waals surface area contributed by atoms with Gasteiger partial charge in [-0.15, -0.1) is 0 Å². The van der Waals surface area contributed by atoms with Crippen molar-refractivity contribution in [1.29, 1.82) is 0 Å². The summed E-state index contributed by atoms with van der Waals surface area (Å²) in [6.07, 6.45) is 0.246. The van der Waals surface area contributed by atoms with Gasteiger partial charge in [0.15, 0.2) is 0 Å². The van der Waals surface area contributed by atoms with E-state index in [2.05, 4.69) is 5.16 Å². The molecular formula is C17H19NO4. The summed E-state index contributed by atoms with van der Waals surface area (Å²) in [5, 5.41) is 4.54. The number of carbonyl (C=O) groups is 1. The van der Waals surface area contributed by atoms with Gasteiger partial charge in [-0.3, -0.25) is 0 Å². The highest BCUT2D eigenvalue weighted by Gasteiger charge is 2.17. The number of hydrogen-bond donors (Lipinski definition) is 0. The van der Waals surface area contributed by atoms with Crippen LogP contribution in [0.4, 0.5) is 0 Å². The average Bonchev–Trinajstić information content (AvgIpc) is 2.42. The molecule has 2 rings (SSSR count). The van der Waals surface area contributed by atoms with Gasteiger partial charge < -0.3 is 9.25 Å². The fourth-order valence-electron chi connectivity index (χ4n) is 1.95. The molecule has 0 unspecified atom stereocenters. The SMILES string of the molecule is C/C(=N/OC(=O)CC(C)(C)C)c1cc2ccccc2oc1=O. The second kappa shape index (κ2) is 6.13. The molecule has 0 aliphatic rings. The van der Waals surface area contributed by atoms with E-state index in [0.717, 1.165) is 5.39 Å². The number of rotatable bonds is 3. The third-order valence-corrected chi connectivity index (χ3v) is 2.99. The first-order chi connectivity index (χ1) is 10.3. The third kappa shape index (κ3) is 4.04. The minimum atomic E-state index is -0.508. The number of para-hydroxylation sites is 1. The van der Waals surface area contributed by atoms with Crippen LogP contribution >= 0.6 is 0 Å². The van der Waals surface area contributed by atoms with Crippen molar-refractivity contribution in [2.24, 2.45) is 10.6 Å². The highest BCUT2D eigenvalue weighted by Crippen LogP contribution is 2.19. The molecule has 5 nitrogen and oxygen atoms in total. The maximum absolute atomic E-state index is 12.0. The van der Waals surface area contributed by atoms with Gasteiger partial charge in [0, 0.05) is 5.39 Å². The summed E-state index contributed by atoms with van der Waals surface area (Å²) in [7, 11) is 0. The minimum Gasteiger partial charge on any atom is -0.422 e. The molecule has 0 atom stereocenters. The van der Waals surface area contributed by atoms with Crippen LogP contribution in [0, 0.1) is 5.41 Å². The zero-order valence-corrected chi connectivity index (χ0v) is 13.2. The standard InChI is InChI=1S/C17H19NO4/c1-11(18-22-15(19)10-17(2,3)4)13-9-12-7-5-6-8-14(12)21-16(13)20/h5-9H,10H2,1-4H3/b18-11-. The number of fused-ring (bicyclic) bond motifs is 1. The molecule has 0 saturated heterocycles. The molecule has 1 aromatic carbocycles. The van der Waals surface area contributed by atoms with E-state index in [9.17, 15) is 9.59 Å². The number of nitrogens with zero attached hydrogens (tertiary/aromatic N) is 1. The molecule has 0 fully saturated rings. The van der Waals surface area contributed by atoms with Crippen molar-refractivity contribution < 1.29 is 14.0 Å². The molecule has 0 bridgehead atoms. The molecule has 1 aromatic heterocycles. The molecule has 1 heterocycles. The van der Waals surface area contributed by atoms with Crippen molar-refractivity contribution in [2.45, 2.75) is 34.1 Å². The lowest BCUT2D eigenvalue weighted by molar-refractivity contribution is -0.145. The van der Waals surface area contributed by atoms with Crippen molar-refractivity contribution in [3.05, 3.63) is 46.3 Å². The van der Waals surface area contributed by atoms with Gasteiger partial charge in [-0.05, 0) is 24.5 Å². The third-order valence-electron chi connectivity index (χ3n) is 2.99. The average molecular weight is 301 g/mol. The molecule has 0 aliphatic heterocycles. The highest BCUT2D eigenvalue weighted by molar-refractivity contribution is 6.00. The number of carbonyl (C=O) groups excluding carboxylic acids is 1. The zero-order chi connectivity index (χ0) is 16.3. The van der Waals surface area contributed by atoms with Crippen LogP contribution < -0.4 is 5.63 Å². The van der Waals surface area contributed by atoms with Crippen LogP contribution in [-0.2, 0) is 9.63 Å². The second-order valence-corrected chi connectivity index (χ2v) is 6.36. The first-order valence-corrected chi connectivity index (χ1v) is 7.04. The van der Waals surface area contributed by atoms with E-state index in [4.69, 9.17) is 9.25 Å². The van der Waals surface area contributed by atoms with Gasteiger partial charge in [-0.2, -0.15) is 0 Å². The lowest BCUT2D eigenvalue weighted by Crippen LogP contribution is -2.16. The van der Waals surface area contributed by atoms with Crippen molar-refractivity contribution in [2.75, 3.05) is 0 Å². The molecule has 116 valence electrons. The van der Waals surface area contributed by atoms with E-state index in [1.54, 1.807) is 25.1 Å². The van der Waals surface area contributed by atoms with Crippen molar-refractivity contribution in [1.82, 2.24) is 0 Å². The lowest BCUT2D eigenvalue weighted by atomic mass is 9.93. The number of oxime groups is 1. The van der Waals surface area contributed by atoms with Crippen LogP contribution in [0.15, 0.2) is 44.7 Å². The van der Waals surface area contributed by atoms with E-state index in [1.807, 2.05) is 32.9 Å². The van der Waals surface area contributed by atoms with Crippen LogP contribution in [0.3, 0.4) is 0 Å². The number of benzene rings is 1. The van der Waals surface area contributed by atoms with Crippen molar-refractivity contribution >= 4 is 22.7 Å². The molecule has 22 heavy (non-hydrogen) atoms. The Bertz CT molecular complexity index is 781. The smallest absolute Gasteiger partial charge is 0.345 e. The Morgan fingerprint density at radius 2 is 1.95 bits per heavy atom. The lowest BCUT2D eigenvalue weighted by Gasteiger charge is -2.14. The van der Waals surface area contributed by atoms with Crippen LogP contribution in [0.2, 0.25) is 0 Å². The largest absolute Gasteiger partial charge is 0.422 e. The molecule has 0 amide bonds. The number of hydrogen-bond acceptors (Lipinski definition) is 5. The van der Waals surface area contributed by atoms with E-state index in [-0.39, 0.29) is 17.4 Å². The van der Waals surface area contributed by atoms with Crippen LogP contribution in [0.25, 0.3) is 11.0 Å². The van der Waals surface area contributed by atoms with Crippen LogP contribution in [-0.4, -0.2) is 11.7 Å². The molecule has 2 aromatic rings. The first-order valence-electron chi connectivity index (χ1n) is 7.04. The van der Waals surface area contributed by atoms with Gasteiger partial charge in [0.1, 0.15) is 5.58 Å². The predicted molar refractivity (Wildman–Crippen MR) is 84.9 cm³/mol. The molecule has 5 heteroatoms. The Hall–Kier alpha value is -2.43. The summed E-state index contributed by atoms with van der Waals surface area (Å²) in [5.74, 6) is -0.433. The summed E-state index contributed by atoms with van der Waals surface area (Å²) >= 11 is 0. The summed E-state index contributed by atoms with van der Waals surface area (Å²) < 4.78 is 5.22. The molecular weight excluding hydrogens is 282 g/mol. The molecule has 0 saturated carbocycles. The first kappa shape index (κ1) is 15.9. The highest BCUT2D eigenvalue weighted by atomic mass is 16.7. The molecule has 0 radical (unpaired) electrons. The Labute approximate surface area is 128 Å². The van der Waals surface area contributed by atoms with E-state index >= 15 is 0 Å². The van der Waals surface area contributed by atoms with E-state index in [0.29, 0.717) is 11.3 Å². The topological polar surface area (TPSA) is 68.9 Å². The quantitative estimate of drug-likeness (QED) is 0.376. The van der Waals surface area contributed by atoms with Crippen molar-refractivity contribution in [3.8, 4) is 0 Å². The Morgan fingerprint density at radius 3 is 2.64 bits per heavy atom. The molecule has 0 N–H and O–H groups in total. The summed E-state index contributed by atoms with van der Waals surface area (Å²) in [6.45, 7) is 7.40.